The molecule has 0 radical (unpaired) electrons. The molecule has 0 spiro atoms. The predicted octanol–water partition coefficient (Wildman–Crippen LogP) is 3.52. The molecular weight excluding hydrogens is 308 g/mol. The second-order valence-electron chi connectivity index (χ2n) is 6.33. The molecule has 0 saturated carbocycles. The number of aliphatic hydroxyl groups is 1. The Labute approximate surface area is 135 Å². The molecule has 6 heteroatoms. The average molecular weight is 335 g/mol. The summed E-state index contributed by atoms with van der Waals surface area (Å²) in [6.07, 6.45) is 0.894. The van der Waals surface area contributed by atoms with Crippen LogP contribution in [0.5, 0.6) is 0 Å². The summed E-state index contributed by atoms with van der Waals surface area (Å²) in [7, 11) is 0. The molecule has 21 heavy (non-hydrogen) atoms. The van der Waals surface area contributed by atoms with E-state index in [1.165, 1.54) is 11.5 Å². The molecule has 2 heterocycles. The number of cyclic esters (lactones) is 2. The minimum atomic E-state index is -0.648. The molecule has 0 unspecified atom stereocenters. The van der Waals surface area contributed by atoms with E-state index in [0.29, 0.717) is 5.92 Å². The summed E-state index contributed by atoms with van der Waals surface area (Å²) in [5.74, 6) is 2.67. The average Bonchev–Trinajstić information content (AvgIpc) is 3.03. The van der Waals surface area contributed by atoms with Crippen molar-refractivity contribution in [2.45, 2.75) is 56.3 Å². The SMILES string of the molecule is CCC1([C@H](C)C[C@@]2(C)OC(=O)O[C@@H]2[C@@H](C)CO)SCCS1. The van der Waals surface area contributed by atoms with Crippen LogP contribution in [0.15, 0.2) is 0 Å². The van der Waals surface area contributed by atoms with Crippen LogP contribution < -0.4 is 0 Å². The van der Waals surface area contributed by atoms with Gasteiger partial charge in [-0.3, -0.25) is 0 Å². The molecule has 0 aromatic carbocycles. The monoisotopic (exact) mass is 334 g/mol. The summed E-state index contributed by atoms with van der Waals surface area (Å²) in [5, 5.41) is 9.40. The molecule has 0 aliphatic carbocycles. The van der Waals surface area contributed by atoms with E-state index in [-0.39, 0.29) is 22.7 Å². The van der Waals surface area contributed by atoms with Gasteiger partial charge in [0.1, 0.15) is 6.10 Å². The van der Waals surface area contributed by atoms with Gasteiger partial charge in [-0.15, -0.1) is 23.5 Å². The first-order valence-corrected chi connectivity index (χ1v) is 9.62. The van der Waals surface area contributed by atoms with Crippen molar-refractivity contribution in [1.29, 1.82) is 0 Å². The van der Waals surface area contributed by atoms with Gasteiger partial charge in [0.05, 0.1) is 4.08 Å². The van der Waals surface area contributed by atoms with E-state index in [9.17, 15) is 9.90 Å². The third-order valence-corrected chi connectivity index (χ3v) is 8.82. The normalized spacial score (nSPS) is 34.3. The summed E-state index contributed by atoms with van der Waals surface area (Å²) >= 11 is 4.06. The van der Waals surface area contributed by atoms with Crippen LogP contribution in [-0.2, 0) is 9.47 Å². The highest BCUT2D eigenvalue weighted by Crippen LogP contribution is 2.54. The maximum absolute atomic E-state index is 11.6. The molecule has 0 aromatic rings. The molecular formula is C15H26O4S2. The van der Waals surface area contributed by atoms with Crippen molar-refractivity contribution in [3.8, 4) is 0 Å². The van der Waals surface area contributed by atoms with Crippen LogP contribution in [-0.4, -0.2) is 45.2 Å². The Morgan fingerprint density at radius 2 is 2.00 bits per heavy atom. The molecule has 2 aliphatic rings. The van der Waals surface area contributed by atoms with Crippen molar-refractivity contribution in [2.75, 3.05) is 18.1 Å². The van der Waals surface area contributed by atoms with Crippen LogP contribution >= 0.6 is 23.5 Å². The molecule has 4 atom stereocenters. The van der Waals surface area contributed by atoms with E-state index in [1.807, 2.05) is 37.4 Å². The summed E-state index contributed by atoms with van der Waals surface area (Å²) in [6.45, 7) is 8.30. The van der Waals surface area contributed by atoms with Crippen molar-refractivity contribution in [3.05, 3.63) is 0 Å². The quantitative estimate of drug-likeness (QED) is 0.750. The second-order valence-corrected chi connectivity index (χ2v) is 9.44. The first kappa shape index (κ1) is 17.3. The summed E-state index contributed by atoms with van der Waals surface area (Å²) < 4.78 is 11.1. The first-order chi connectivity index (χ1) is 9.87. The smallest absolute Gasteiger partial charge is 0.426 e. The highest BCUT2D eigenvalue weighted by Gasteiger charge is 2.53. The third-order valence-electron chi connectivity index (χ3n) is 4.68. The van der Waals surface area contributed by atoms with E-state index in [1.54, 1.807) is 0 Å². The molecule has 2 rings (SSSR count). The summed E-state index contributed by atoms with van der Waals surface area (Å²) in [5.41, 5.74) is -0.648. The fourth-order valence-corrected chi connectivity index (χ4v) is 6.88. The number of carbonyl (C=O) groups is 1. The molecule has 0 bridgehead atoms. The Bertz CT molecular complexity index is 384. The minimum absolute atomic E-state index is 0.00625. The van der Waals surface area contributed by atoms with E-state index >= 15 is 0 Å². The van der Waals surface area contributed by atoms with E-state index < -0.39 is 11.8 Å². The van der Waals surface area contributed by atoms with E-state index in [2.05, 4.69) is 13.8 Å². The molecule has 2 saturated heterocycles. The van der Waals surface area contributed by atoms with Gasteiger partial charge in [-0.2, -0.15) is 0 Å². The lowest BCUT2D eigenvalue weighted by atomic mass is 9.81. The molecule has 0 amide bonds. The van der Waals surface area contributed by atoms with Gasteiger partial charge in [0.2, 0.25) is 0 Å². The lowest BCUT2D eigenvalue weighted by molar-refractivity contribution is -0.0110. The number of hydrogen-bond acceptors (Lipinski definition) is 6. The fraction of sp³-hybridized carbons (Fsp3) is 0.933. The van der Waals surface area contributed by atoms with E-state index in [0.717, 1.165) is 12.8 Å². The van der Waals surface area contributed by atoms with E-state index in [4.69, 9.17) is 9.47 Å². The number of thioether (sulfide) groups is 2. The standard InChI is InChI=1S/C15H26O4S2/c1-5-15(20-6-7-21-15)11(3)8-14(4)12(10(2)9-16)18-13(17)19-14/h10-12,16H,5-9H2,1-4H3/t10-,11+,12+,14+/m0/s1. The maximum atomic E-state index is 11.6. The van der Waals surface area contributed by atoms with Crippen LogP contribution in [0.1, 0.15) is 40.5 Å². The zero-order valence-corrected chi connectivity index (χ0v) is 14.9. The van der Waals surface area contributed by atoms with Gasteiger partial charge in [-0.25, -0.2) is 4.79 Å². The van der Waals surface area contributed by atoms with Gasteiger partial charge in [-0.1, -0.05) is 20.8 Å². The largest absolute Gasteiger partial charge is 0.509 e. The first-order valence-electron chi connectivity index (χ1n) is 7.65. The maximum Gasteiger partial charge on any atom is 0.509 e. The Balaban J connectivity index is 2.13. The van der Waals surface area contributed by atoms with Gasteiger partial charge in [0.15, 0.2) is 5.60 Å². The minimum Gasteiger partial charge on any atom is -0.426 e. The van der Waals surface area contributed by atoms with Crippen molar-refractivity contribution < 1.29 is 19.4 Å². The number of carbonyl (C=O) groups excluding carboxylic acids is 1. The van der Waals surface area contributed by atoms with Crippen molar-refractivity contribution in [1.82, 2.24) is 0 Å². The van der Waals surface area contributed by atoms with Crippen molar-refractivity contribution >= 4 is 29.7 Å². The topological polar surface area (TPSA) is 55.8 Å². The zero-order valence-electron chi connectivity index (χ0n) is 13.3. The van der Waals surface area contributed by atoms with Gasteiger partial charge < -0.3 is 14.6 Å². The van der Waals surface area contributed by atoms with Gasteiger partial charge in [0, 0.05) is 24.0 Å². The Morgan fingerprint density at radius 3 is 2.52 bits per heavy atom. The predicted molar refractivity (Wildman–Crippen MR) is 87.7 cm³/mol. The number of hydrogen-bond donors (Lipinski definition) is 1. The summed E-state index contributed by atoms with van der Waals surface area (Å²) in [4.78, 5) is 11.6. The Morgan fingerprint density at radius 1 is 1.38 bits per heavy atom. The van der Waals surface area contributed by atoms with Gasteiger partial charge in [0.25, 0.3) is 0 Å². The summed E-state index contributed by atoms with van der Waals surface area (Å²) in [6, 6.07) is 0. The van der Waals surface area contributed by atoms with Crippen LogP contribution in [0.4, 0.5) is 4.79 Å². The van der Waals surface area contributed by atoms with Crippen LogP contribution in [0.25, 0.3) is 0 Å². The lowest BCUT2D eigenvalue weighted by Crippen LogP contribution is -2.45. The Kier molecular flexibility index (Phi) is 5.42. The van der Waals surface area contributed by atoms with Crippen molar-refractivity contribution in [3.63, 3.8) is 0 Å². The van der Waals surface area contributed by atoms with Gasteiger partial charge in [-0.05, 0) is 25.7 Å². The molecule has 4 nitrogen and oxygen atoms in total. The third kappa shape index (κ3) is 3.32. The highest BCUT2D eigenvalue weighted by molar-refractivity contribution is 8.21. The van der Waals surface area contributed by atoms with Crippen LogP contribution in [0.3, 0.4) is 0 Å². The molecule has 2 aliphatic heterocycles. The second kappa shape index (κ2) is 6.59. The van der Waals surface area contributed by atoms with Crippen LogP contribution in [0, 0.1) is 11.8 Å². The molecule has 1 N–H and O–H groups in total. The zero-order chi connectivity index (χ0) is 15.7. The Hall–Kier alpha value is -0.0700. The molecule has 122 valence electrons. The number of rotatable bonds is 6. The highest BCUT2D eigenvalue weighted by atomic mass is 32.2. The fourth-order valence-electron chi connectivity index (χ4n) is 3.54. The van der Waals surface area contributed by atoms with Gasteiger partial charge >= 0.3 is 6.16 Å². The van der Waals surface area contributed by atoms with Crippen LogP contribution in [0.2, 0.25) is 0 Å². The number of ether oxygens (including phenoxy) is 2. The van der Waals surface area contributed by atoms with Crippen molar-refractivity contribution in [2.24, 2.45) is 11.8 Å². The lowest BCUT2D eigenvalue weighted by Gasteiger charge is -2.38. The molecule has 0 aromatic heterocycles. The molecule has 2 fully saturated rings. The number of aliphatic hydroxyl groups excluding tert-OH is 1.